The summed E-state index contributed by atoms with van der Waals surface area (Å²) >= 11 is 12.1. The van der Waals surface area contributed by atoms with Gasteiger partial charge >= 0.3 is 0 Å². The molecule has 0 aromatic heterocycles. The van der Waals surface area contributed by atoms with E-state index in [-0.39, 0.29) is 11.3 Å². The van der Waals surface area contributed by atoms with Crippen LogP contribution >= 0.6 is 23.2 Å². The molecule has 0 spiro atoms. The molecular weight excluding hydrogens is 307 g/mol. The largest absolute Gasteiger partial charge is 0.341 e. The van der Waals surface area contributed by atoms with Crippen LogP contribution in [0.1, 0.15) is 31.7 Å². The van der Waals surface area contributed by atoms with E-state index < -0.39 is 0 Å². The molecule has 5 heteroatoms. The van der Waals surface area contributed by atoms with Crippen LogP contribution < -0.4 is 5.32 Å². The average molecular weight is 329 g/mol. The lowest BCUT2D eigenvalue weighted by atomic mass is 9.77. The number of carbonyl (C=O) groups excluding carboxylic acids is 1. The van der Waals surface area contributed by atoms with Crippen LogP contribution in [0.3, 0.4) is 0 Å². The predicted molar refractivity (Wildman–Crippen MR) is 87.8 cm³/mol. The number of carbonyl (C=O) groups is 1. The summed E-state index contributed by atoms with van der Waals surface area (Å²) in [6, 6.07) is 5.40. The molecule has 116 valence electrons. The number of rotatable bonds is 4. The predicted octanol–water partition coefficient (Wildman–Crippen LogP) is 3.73. The lowest BCUT2D eigenvalue weighted by Gasteiger charge is -2.38. The van der Waals surface area contributed by atoms with Crippen molar-refractivity contribution in [2.75, 3.05) is 20.1 Å². The van der Waals surface area contributed by atoms with Crippen LogP contribution in [0, 0.1) is 5.41 Å². The van der Waals surface area contributed by atoms with Gasteiger partial charge in [-0.1, -0.05) is 36.2 Å². The highest BCUT2D eigenvalue weighted by Gasteiger charge is 2.39. The van der Waals surface area contributed by atoms with E-state index in [2.05, 4.69) is 12.2 Å². The van der Waals surface area contributed by atoms with Gasteiger partial charge in [0, 0.05) is 30.2 Å². The molecule has 0 radical (unpaired) electrons. The standard InChI is InChI=1S/C16H22Cl2N2O/c1-3-16(7-4-8-19-11-16)15(21)20(2)10-12-5-6-13(17)9-14(12)18/h5-6,9,19H,3-4,7-8,10-11H2,1-2H3. The first-order valence-corrected chi connectivity index (χ1v) is 8.14. The van der Waals surface area contributed by atoms with Crippen molar-refractivity contribution in [1.29, 1.82) is 0 Å². The molecule has 2 rings (SSSR count). The van der Waals surface area contributed by atoms with Crippen LogP contribution in [0.25, 0.3) is 0 Å². The Balaban J connectivity index is 2.11. The first-order valence-electron chi connectivity index (χ1n) is 7.39. The van der Waals surface area contributed by atoms with E-state index in [1.807, 2.05) is 13.1 Å². The third-order valence-corrected chi connectivity index (χ3v) is 4.96. The monoisotopic (exact) mass is 328 g/mol. The number of nitrogens with zero attached hydrogens (tertiary/aromatic N) is 1. The summed E-state index contributed by atoms with van der Waals surface area (Å²) in [4.78, 5) is 14.6. The topological polar surface area (TPSA) is 32.3 Å². The minimum Gasteiger partial charge on any atom is -0.341 e. The second-order valence-corrected chi connectivity index (χ2v) is 6.65. The number of halogens is 2. The second-order valence-electron chi connectivity index (χ2n) is 5.81. The molecule has 1 aromatic rings. The van der Waals surface area contributed by atoms with Gasteiger partial charge in [-0.15, -0.1) is 0 Å². The maximum Gasteiger partial charge on any atom is 0.230 e. The fourth-order valence-electron chi connectivity index (χ4n) is 2.99. The number of benzene rings is 1. The Morgan fingerprint density at radius 2 is 2.19 bits per heavy atom. The van der Waals surface area contributed by atoms with Crippen molar-refractivity contribution >= 4 is 29.1 Å². The molecule has 21 heavy (non-hydrogen) atoms. The van der Waals surface area contributed by atoms with Crippen molar-refractivity contribution in [2.24, 2.45) is 5.41 Å². The van der Waals surface area contributed by atoms with Crippen LogP contribution in [0.15, 0.2) is 18.2 Å². The van der Waals surface area contributed by atoms with Gasteiger partial charge in [0.05, 0.1) is 5.41 Å². The molecule has 3 nitrogen and oxygen atoms in total. The van der Waals surface area contributed by atoms with Gasteiger partial charge in [0.25, 0.3) is 0 Å². The summed E-state index contributed by atoms with van der Waals surface area (Å²) < 4.78 is 0. The van der Waals surface area contributed by atoms with Crippen molar-refractivity contribution in [3.63, 3.8) is 0 Å². The van der Waals surface area contributed by atoms with Gasteiger partial charge < -0.3 is 10.2 Å². The van der Waals surface area contributed by atoms with Gasteiger partial charge in [0.1, 0.15) is 0 Å². The van der Waals surface area contributed by atoms with Crippen LogP contribution in [0.2, 0.25) is 10.0 Å². The quantitative estimate of drug-likeness (QED) is 0.913. The van der Waals surface area contributed by atoms with Crippen molar-refractivity contribution in [3.05, 3.63) is 33.8 Å². The molecule has 1 fully saturated rings. The Bertz CT molecular complexity index is 513. The molecule has 1 saturated heterocycles. The highest BCUT2D eigenvalue weighted by atomic mass is 35.5. The fourth-order valence-corrected chi connectivity index (χ4v) is 3.45. The first-order chi connectivity index (χ1) is 9.98. The van der Waals surface area contributed by atoms with Gasteiger partial charge in [0.15, 0.2) is 0 Å². The number of amides is 1. The Morgan fingerprint density at radius 1 is 1.43 bits per heavy atom. The molecule has 1 amide bonds. The molecular formula is C16H22Cl2N2O. The Morgan fingerprint density at radius 3 is 2.76 bits per heavy atom. The Kier molecular flexibility index (Phi) is 5.53. The zero-order valence-corrected chi connectivity index (χ0v) is 14.1. The van der Waals surface area contributed by atoms with E-state index in [9.17, 15) is 4.79 Å². The number of hydrogen-bond acceptors (Lipinski definition) is 2. The van der Waals surface area contributed by atoms with Crippen molar-refractivity contribution < 1.29 is 4.79 Å². The van der Waals surface area contributed by atoms with Crippen LogP contribution in [0.5, 0.6) is 0 Å². The van der Waals surface area contributed by atoms with Crippen molar-refractivity contribution in [1.82, 2.24) is 10.2 Å². The summed E-state index contributed by atoms with van der Waals surface area (Å²) in [5.74, 6) is 0.197. The Hall–Kier alpha value is -0.770. The zero-order valence-electron chi connectivity index (χ0n) is 12.6. The minimum absolute atomic E-state index is 0.197. The van der Waals surface area contributed by atoms with Gasteiger partial charge in [-0.2, -0.15) is 0 Å². The van der Waals surface area contributed by atoms with Gasteiger partial charge in [-0.25, -0.2) is 0 Å². The molecule has 1 aliphatic rings. The van der Waals surface area contributed by atoms with E-state index in [0.29, 0.717) is 16.6 Å². The lowest BCUT2D eigenvalue weighted by molar-refractivity contribution is -0.142. The maximum atomic E-state index is 12.9. The molecule has 0 saturated carbocycles. The molecule has 1 atom stereocenters. The highest BCUT2D eigenvalue weighted by molar-refractivity contribution is 6.35. The number of piperidine rings is 1. The van der Waals surface area contributed by atoms with E-state index in [1.165, 1.54) is 0 Å². The van der Waals surface area contributed by atoms with Crippen LogP contribution in [-0.4, -0.2) is 30.9 Å². The molecule has 0 aliphatic carbocycles. The van der Waals surface area contributed by atoms with E-state index in [0.717, 1.165) is 37.9 Å². The SMILES string of the molecule is CCC1(C(=O)N(C)Cc2ccc(Cl)cc2Cl)CCCNC1. The summed E-state index contributed by atoms with van der Waals surface area (Å²) in [5, 5.41) is 4.57. The molecule has 1 N–H and O–H groups in total. The third kappa shape index (κ3) is 3.71. The van der Waals surface area contributed by atoms with E-state index >= 15 is 0 Å². The summed E-state index contributed by atoms with van der Waals surface area (Å²) in [7, 11) is 1.85. The summed E-state index contributed by atoms with van der Waals surface area (Å²) in [6.45, 7) is 4.37. The fraction of sp³-hybridized carbons (Fsp3) is 0.562. The van der Waals surface area contributed by atoms with Crippen LogP contribution in [0.4, 0.5) is 0 Å². The maximum absolute atomic E-state index is 12.9. The van der Waals surface area contributed by atoms with E-state index in [1.54, 1.807) is 17.0 Å². The third-order valence-electron chi connectivity index (χ3n) is 4.37. The van der Waals surface area contributed by atoms with Crippen molar-refractivity contribution in [3.8, 4) is 0 Å². The van der Waals surface area contributed by atoms with Gasteiger partial charge in [-0.05, 0) is 43.5 Å². The zero-order chi connectivity index (χ0) is 15.5. The van der Waals surface area contributed by atoms with Crippen LogP contribution in [-0.2, 0) is 11.3 Å². The normalized spacial score (nSPS) is 22.1. The molecule has 0 bridgehead atoms. The second kappa shape index (κ2) is 6.99. The Labute approximate surface area is 136 Å². The lowest BCUT2D eigenvalue weighted by Crippen LogP contribution is -2.50. The number of hydrogen-bond donors (Lipinski definition) is 1. The molecule has 1 heterocycles. The number of nitrogens with one attached hydrogen (secondary N) is 1. The summed E-state index contributed by atoms with van der Waals surface area (Å²) in [6.07, 6.45) is 2.86. The first kappa shape index (κ1) is 16.6. The highest BCUT2D eigenvalue weighted by Crippen LogP contribution is 2.33. The van der Waals surface area contributed by atoms with Gasteiger partial charge in [0.2, 0.25) is 5.91 Å². The minimum atomic E-state index is -0.272. The molecule has 1 aromatic carbocycles. The van der Waals surface area contributed by atoms with E-state index in [4.69, 9.17) is 23.2 Å². The summed E-state index contributed by atoms with van der Waals surface area (Å²) in [5.41, 5.74) is 0.651. The smallest absolute Gasteiger partial charge is 0.230 e. The van der Waals surface area contributed by atoms with Crippen molar-refractivity contribution in [2.45, 2.75) is 32.7 Å². The molecule has 1 unspecified atom stereocenters. The average Bonchev–Trinajstić information content (AvgIpc) is 2.50. The van der Waals surface area contributed by atoms with Gasteiger partial charge in [-0.3, -0.25) is 4.79 Å². The molecule has 1 aliphatic heterocycles.